The number of nitrogens with one attached hydrogen (secondary N) is 1. The zero-order chi connectivity index (χ0) is 15.4. The van der Waals surface area contributed by atoms with Crippen LogP contribution in [0.5, 0.6) is 5.75 Å². The van der Waals surface area contributed by atoms with Crippen molar-refractivity contribution in [2.45, 2.75) is 27.3 Å². The van der Waals surface area contributed by atoms with Crippen LogP contribution in [0.1, 0.15) is 23.7 Å². The molecule has 1 aromatic heterocycles. The van der Waals surface area contributed by atoms with E-state index in [1.165, 1.54) is 0 Å². The second-order valence-corrected chi connectivity index (χ2v) is 4.81. The summed E-state index contributed by atoms with van der Waals surface area (Å²) >= 11 is 0. The van der Waals surface area contributed by atoms with E-state index in [1.807, 2.05) is 13.8 Å². The number of methoxy groups -OCH3 is 1. The number of aromatic nitrogens is 1. The SMILES string of the molecule is COc1c(C)cnc(CNC(=O)C2=C(C)OCCO2)c1C. The summed E-state index contributed by atoms with van der Waals surface area (Å²) < 4.78 is 16.0. The number of allylic oxidation sites excluding steroid dienone is 1. The molecule has 0 aromatic carbocycles. The summed E-state index contributed by atoms with van der Waals surface area (Å²) in [5.41, 5.74) is 2.65. The van der Waals surface area contributed by atoms with Gasteiger partial charge >= 0.3 is 0 Å². The van der Waals surface area contributed by atoms with Gasteiger partial charge in [-0.1, -0.05) is 0 Å². The number of carbonyl (C=O) groups is 1. The highest BCUT2D eigenvalue weighted by atomic mass is 16.6. The normalized spacial score (nSPS) is 14.3. The third-order valence-electron chi connectivity index (χ3n) is 3.34. The van der Waals surface area contributed by atoms with Gasteiger partial charge in [0, 0.05) is 17.3 Å². The van der Waals surface area contributed by atoms with Crippen LogP contribution in [-0.2, 0) is 20.8 Å². The van der Waals surface area contributed by atoms with Gasteiger partial charge in [0.05, 0.1) is 19.3 Å². The summed E-state index contributed by atoms with van der Waals surface area (Å²) in [4.78, 5) is 16.4. The molecule has 0 saturated heterocycles. The predicted molar refractivity (Wildman–Crippen MR) is 76.7 cm³/mol. The van der Waals surface area contributed by atoms with E-state index < -0.39 is 0 Å². The van der Waals surface area contributed by atoms with Crippen LogP contribution >= 0.6 is 0 Å². The third-order valence-corrected chi connectivity index (χ3v) is 3.34. The lowest BCUT2D eigenvalue weighted by Crippen LogP contribution is -2.30. The van der Waals surface area contributed by atoms with Crippen molar-refractivity contribution >= 4 is 5.91 Å². The second-order valence-electron chi connectivity index (χ2n) is 4.81. The van der Waals surface area contributed by atoms with E-state index in [1.54, 1.807) is 20.2 Å². The third kappa shape index (κ3) is 3.26. The number of hydrogen-bond donors (Lipinski definition) is 1. The van der Waals surface area contributed by atoms with Gasteiger partial charge in [0.15, 0.2) is 0 Å². The fraction of sp³-hybridized carbons (Fsp3) is 0.467. The molecule has 0 spiro atoms. The molecule has 1 aromatic rings. The quantitative estimate of drug-likeness (QED) is 0.913. The first-order valence-corrected chi connectivity index (χ1v) is 6.78. The van der Waals surface area contributed by atoms with Gasteiger partial charge in [-0.15, -0.1) is 0 Å². The number of amides is 1. The Morgan fingerprint density at radius 1 is 1.33 bits per heavy atom. The number of aryl methyl sites for hydroxylation is 1. The Hall–Kier alpha value is -2.24. The molecule has 21 heavy (non-hydrogen) atoms. The molecule has 2 heterocycles. The molecular weight excluding hydrogens is 272 g/mol. The van der Waals surface area contributed by atoms with Crippen LogP contribution in [-0.4, -0.2) is 31.2 Å². The Kier molecular flexibility index (Phi) is 4.67. The lowest BCUT2D eigenvalue weighted by Gasteiger charge is -2.19. The molecule has 6 heteroatoms. The maximum atomic E-state index is 12.1. The van der Waals surface area contributed by atoms with Crippen molar-refractivity contribution in [3.8, 4) is 5.75 Å². The summed E-state index contributed by atoms with van der Waals surface area (Å²) in [6.07, 6.45) is 1.73. The standard InChI is InChI=1S/C15H20N2O4/c1-9-7-16-12(10(2)13(9)19-4)8-17-15(18)14-11(3)20-5-6-21-14/h7H,5-6,8H2,1-4H3,(H,17,18). The molecule has 1 N–H and O–H groups in total. The first-order chi connectivity index (χ1) is 10.0. The van der Waals surface area contributed by atoms with Crippen LogP contribution in [0.25, 0.3) is 0 Å². The van der Waals surface area contributed by atoms with Crippen molar-refractivity contribution in [2.75, 3.05) is 20.3 Å². The highest BCUT2D eigenvalue weighted by molar-refractivity contribution is 5.91. The monoisotopic (exact) mass is 292 g/mol. The van der Waals surface area contributed by atoms with Crippen molar-refractivity contribution in [3.05, 3.63) is 34.5 Å². The van der Waals surface area contributed by atoms with Gasteiger partial charge in [-0.05, 0) is 20.8 Å². The minimum Gasteiger partial charge on any atom is -0.496 e. The summed E-state index contributed by atoms with van der Waals surface area (Å²) in [7, 11) is 1.62. The highest BCUT2D eigenvalue weighted by Crippen LogP contribution is 2.23. The fourth-order valence-electron chi connectivity index (χ4n) is 2.22. The van der Waals surface area contributed by atoms with Crippen LogP contribution in [0.2, 0.25) is 0 Å². The molecule has 0 atom stereocenters. The molecule has 1 amide bonds. The Balaban J connectivity index is 2.08. The van der Waals surface area contributed by atoms with E-state index in [-0.39, 0.29) is 11.7 Å². The van der Waals surface area contributed by atoms with Crippen LogP contribution in [0.4, 0.5) is 0 Å². The smallest absolute Gasteiger partial charge is 0.290 e. The minimum atomic E-state index is -0.298. The molecule has 0 radical (unpaired) electrons. The summed E-state index contributed by atoms with van der Waals surface area (Å²) in [6.45, 7) is 6.73. The van der Waals surface area contributed by atoms with Crippen LogP contribution < -0.4 is 10.1 Å². The van der Waals surface area contributed by atoms with Crippen molar-refractivity contribution in [1.29, 1.82) is 0 Å². The zero-order valence-corrected chi connectivity index (χ0v) is 12.8. The average Bonchev–Trinajstić information content (AvgIpc) is 2.47. The van der Waals surface area contributed by atoms with E-state index >= 15 is 0 Å². The lowest BCUT2D eigenvalue weighted by atomic mass is 10.1. The first kappa shape index (κ1) is 15.2. The average molecular weight is 292 g/mol. The van der Waals surface area contributed by atoms with Gasteiger partial charge in [0.25, 0.3) is 5.91 Å². The van der Waals surface area contributed by atoms with E-state index in [2.05, 4.69) is 10.3 Å². The molecule has 1 aliphatic heterocycles. The van der Waals surface area contributed by atoms with Crippen LogP contribution in [0.15, 0.2) is 17.7 Å². The van der Waals surface area contributed by atoms with Gasteiger partial charge in [-0.25, -0.2) is 0 Å². The lowest BCUT2D eigenvalue weighted by molar-refractivity contribution is -0.122. The summed E-state index contributed by atoms with van der Waals surface area (Å²) in [6, 6.07) is 0. The molecule has 0 fully saturated rings. The maximum absolute atomic E-state index is 12.1. The van der Waals surface area contributed by atoms with Crippen LogP contribution in [0.3, 0.4) is 0 Å². The first-order valence-electron chi connectivity index (χ1n) is 6.78. The van der Waals surface area contributed by atoms with E-state index in [0.29, 0.717) is 25.5 Å². The topological polar surface area (TPSA) is 69.7 Å². The Bertz CT molecular complexity index is 581. The van der Waals surface area contributed by atoms with E-state index in [9.17, 15) is 4.79 Å². The predicted octanol–water partition coefficient (Wildman–Crippen LogP) is 1.60. The van der Waals surface area contributed by atoms with Gasteiger partial charge in [-0.3, -0.25) is 9.78 Å². The second kappa shape index (κ2) is 6.47. The number of ether oxygens (including phenoxy) is 3. The van der Waals surface area contributed by atoms with E-state index in [4.69, 9.17) is 14.2 Å². The largest absolute Gasteiger partial charge is 0.496 e. The summed E-state index contributed by atoms with van der Waals surface area (Å²) in [5.74, 6) is 1.23. The number of carbonyl (C=O) groups excluding carboxylic acids is 1. The molecule has 0 bridgehead atoms. The van der Waals surface area contributed by atoms with Gasteiger partial charge in [-0.2, -0.15) is 0 Å². The molecule has 2 rings (SSSR count). The fourth-order valence-corrected chi connectivity index (χ4v) is 2.22. The maximum Gasteiger partial charge on any atom is 0.290 e. The minimum absolute atomic E-state index is 0.234. The molecular formula is C15H20N2O4. The van der Waals surface area contributed by atoms with E-state index in [0.717, 1.165) is 22.6 Å². The highest BCUT2D eigenvalue weighted by Gasteiger charge is 2.20. The molecule has 0 saturated carbocycles. The van der Waals surface area contributed by atoms with Gasteiger partial charge < -0.3 is 19.5 Å². The molecule has 6 nitrogen and oxygen atoms in total. The Morgan fingerprint density at radius 3 is 2.71 bits per heavy atom. The molecule has 1 aliphatic rings. The Labute approximate surface area is 124 Å². The number of pyridine rings is 1. The Morgan fingerprint density at radius 2 is 2.05 bits per heavy atom. The molecule has 0 aliphatic carbocycles. The number of nitrogens with zero attached hydrogens (tertiary/aromatic N) is 1. The summed E-state index contributed by atoms with van der Waals surface area (Å²) in [5, 5.41) is 2.79. The van der Waals surface area contributed by atoms with Crippen molar-refractivity contribution < 1.29 is 19.0 Å². The number of rotatable bonds is 4. The van der Waals surface area contributed by atoms with Crippen molar-refractivity contribution in [2.24, 2.45) is 0 Å². The number of hydrogen-bond acceptors (Lipinski definition) is 5. The molecule has 114 valence electrons. The van der Waals surface area contributed by atoms with Gasteiger partial charge in [0.2, 0.25) is 5.76 Å². The van der Waals surface area contributed by atoms with Crippen LogP contribution in [0, 0.1) is 13.8 Å². The zero-order valence-electron chi connectivity index (χ0n) is 12.8. The van der Waals surface area contributed by atoms with Crippen molar-refractivity contribution in [1.82, 2.24) is 10.3 Å². The van der Waals surface area contributed by atoms with Gasteiger partial charge in [0.1, 0.15) is 24.7 Å². The van der Waals surface area contributed by atoms with Crippen molar-refractivity contribution in [3.63, 3.8) is 0 Å². The molecule has 0 unspecified atom stereocenters.